The number of hydrogen-bond donors (Lipinski definition) is 2. The van der Waals surface area contributed by atoms with Crippen LogP contribution in [0.3, 0.4) is 0 Å². The zero-order valence-corrected chi connectivity index (χ0v) is 13.9. The SMILES string of the molecule is Nc1cc(-c2cccs2)nn(CC(=O)NCc2ccccc2F)c1=O. The summed E-state index contributed by atoms with van der Waals surface area (Å²) in [5, 5.41) is 8.64. The molecule has 25 heavy (non-hydrogen) atoms. The maximum Gasteiger partial charge on any atom is 0.290 e. The molecule has 3 N–H and O–H groups in total. The first-order valence-electron chi connectivity index (χ1n) is 7.46. The molecular formula is C17H15FN4O2S. The van der Waals surface area contributed by atoms with E-state index in [-0.39, 0.29) is 18.8 Å². The topological polar surface area (TPSA) is 90.0 Å². The van der Waals surface area contributed by atoms with Crippen LogP contribution in [-0.4, -0.2) is 15.7 Å². The van der Waals surface area contributed by atoms with Gasteiger partial charge in [-0.1, -0.05) is 24.3 Å². The summed E-state index contributed by atoms with van der Waals surface area (Å²) in [7, 11) is 0. The molecule has 0 saturated heterocycles. The van der Waals surface area contributed by atoms with Crippen LogP contribution in [0.5, 0.6) is 0 Å². The van der Waals surface area contributed by atoms with Gasteiger partial charge in [0.1, 0.15) is 23.7 Å². The van der Waals surface area contributed by atoms with E-state index in [1.54, 1.807) is 18.2 Å². The zero-order valence-electron chi connectivity index (χ0n) is 13.1. The maximum absolute atomic E-state index is 13.6. The van der Waals surface area contributed by atoms with Crippen molar-refractivity contribution in [3.05, 3.63) is 69.6 Å². The number of nitrogen functional groups attached to an aromatic ring is 1. The predicted molar refractivity (Wildman–Crippen MR) is 94.5 cm³/mol. The maximum atomic E-state index is 13.6. The second kappa shape index (κ2) is 7.27. The van der Waals surface area contributed by atoms with E-state index in [2.05, 4.69) is 10.4 Å². The Morgan fingerprint density at radius 2 is 2.08 bits per heavy atom. The largest absolute Gasteiger partial charge is 0.394 e. The summed E-state index contributed by atoms with van der Waals surface area (Å²) in [5.41, 5.74) is 6.10. The Kier molecular flexibility index (Phi) is 4.90. The molecule has 0 radical (unpaired) electrons. The van der Waals surface area contributed by atoms with Crippen molar-refractivity contribution in [1.82, 2.24) is 15.1 Å². The number of halogens is 1. The Balaban J connectivity index is 1.75. The Morgan fingerprint density at radius 1 is 1.28 bits per heavy atom. The molecular weight excluding hydrogens is 343 g/mol. The fourth-order valence-corrected chi connectivity index (χ4v) is 2.92. The van der Waals surface area contributed by atoms with Gasteiger partial charge >= 0.3 is 0 Å². The lowest BCUT2D eigenvalue weighted by Gasteiger charge is -2.09. The normalized spacial score (nSPS) is 10.6. The molecule has 1 aromatic carbocycles. The molecule has 0 unspecified atom stereocenters. The second-order valence-electron chi connectivity index (χ2n) is 5.29. The highest BCUT2D eigenvalue weighted by Gasteiger charge is 2.12. The van der Waals surface area contributed by atoms with Crippen molar-refractivity contribution in [2.45, 2.75) is 13.1 Å². The molecule has 0 aliphatic carbocycles. The number of anilines is 1. The lowest BCUT2D eigenvalue weighted by atomic mass is 10.2. The Morgan fingerprint density at radius 3 is 2.80 bits per heavy atom. The molecule has 1 amide bonds. The monoisotopic (exact) mass is 358 g/mol. The van der Waals surface area contributed by atoms with Gasteiger partial charge in [0.15, 0.2) is 0 Å². The number of thiophene rings is 1. The van der Waals surface area contributed by atoms with E-state index in [9.17, 15) is 14.0 Å². The minimum Gasteiger partial charge on any atom is -0.394 e. The van der Waals surface area contributed by atoms with Crippen molar-refractivity contribution in [3.63, 3.8) is 0 Å². The van der Waals surface area contributed by atoms with Crippen LogP contribution in [0.2, 0.25) is 0 Å². The van der Waals surface area contributed by atoms with Gasteiger partial charge in [-0.25, -0.2) is 9.07 Å². The van der Waals surface area contributed by atoms with Crippen LogP contribution in [0.4, 0.5) is 10.1 Å². The highest BCUT2D eigenvalue weighted by molar-refractivity contribution is 7.13. The third-order valence-corrected chi connectivity index (χ3v) is 4.40. The van der Waals surface area contributed by atoms with Gasteiger partial charge in [-0.2, -0.15) is 5.10 Å². The lowest BCUT2D eigenvalue weighted by Crippen LogP contribution is -2.34. The highest BCUT2D eigenvalue weighted by Crippen LogP contribution is 2.22. The van der Waals surface area contributed by atoms with Gasteiger partial charge in [0, 0.05) is 12.1 Å². The molecule has 3 aromatic rings. The fourth-order valence-electron chi connectivity index (χ4n) is 2.24. The number of aromatic nitrogens is 2. The molecule has 2 heterocycles. The van der Waals surface area contributed by atoms with Gasteiger partial charge in [-0.3, -0.25) is 9.59 Å². The number of benzene rings is 1. The van der Waals surface area contributed by atoms with Crippen molar-refractivity contribution >= 4 is 22.9 Å². The summed E-state index contributed by atoms with van der Waals surface area (Å²) >= 11 is 1.45. The smallest absolute Gasteiger partial charge is 0.290 e. The van der Waals surface area contributed by atoms with Crippen LogP contribution in [0.1, 0.15) is 5.56 Å². The lowest BCUT2D eigenvalue weighted by molar-refractivity contribution is -0.122. The van der Waals surface area contributed by atoms with E-state index in [1.807, 2.05) is 17.5 Å². The van der Waals surface area contributed by atoms with Crippen molar-refractivity contribution in [2.24, 2.45) is 0 Å². The van der Waals surface area contributed by atoms with E-state index >= 15 is 0 Å². The third-order valence-electron chi connectivity index (χ3n) is 3.50. The highest BCUT2D eigenvalue weighted by atomic mass is 32.1. The van der Waals surface area contributed by atoms with E-state index in [0.29, 0.717) is 11.3 Å². The Bertz CT molecular complexity index is 954. The average molecular weight is 358 g/mol. The molecule has 0 fully saturated rings. The number of nitrogens with zero attached hydrogens (tertiary/aromatic N) is 2. The van der Waals surface area contributed by atoms with Gasteiger partial charge in [0.2, 0.25) is 5.91 Å². The molecule has 6 nitrogen and oxygen atoms in total. The van der Waals surface area contributed by atoms with E-state index in [0.717, 1.165) is 9.56 Å². The summed E-state index contributed by atoms with van der Waals surface area (Å²) in [5.74, 6) is -0.859. The average Bonchev–Trinajstić information content (AvgIpc) is 3.12. The molecule has 0 saturated carbocycles. The second-order valence-corrected chi connectivity index (χ2v) is 6.24. The van der Waals surface area contributed by atoms with Crippen molar-refractivity contribution in [3.8, 4) is 10.6 Å². The number of nitrogens with two attached hydrogens (primary N) is 1. The first kappa shape index (κ1) is 16.8. The molecule has 0 spiro atoms. The molecule has 128 valence electrons. The first-order valence-corrected chi connectivity index (χ1v) is 8.34. The number of hydrogen-bond acceptors (Lipinski definition) is 5. The third kappa shape index (κ3) is 3.92. The molecule has 0 atom stereocenters. The van der Waals surface area contributed by atoms with Crippen LogP contribution < -0.4 is 16.6 Å². The summed E-state index contributed by atoms with van der Waals surface area (Å²) in [6, 6.07) is 11.3. The quantitative estimate of drug-likeness (QED) is 0.730. The summed E-state index contributed by atoms with van der Waals surface area (Å²) in [6.07, 6.45) is 0. The molecule has 0 bridgehead atoms. The summed E-state index contributed by atoms with van der Waals surface area (Å²) in [4.78, 5) is 25.0. The Hall–Kier alpha value is -3.00. The molecule has 3 rings (SSSR count). The minimum atomic E-state index is -0.540. The first-order chi connectivity index (χ1) is 12.0. The van der Waals surface area contributed by atoms with Crippen molar-refractivity contribution in [2.75, 3.05) is 5.73 Å². The van der Waals surface area contributed by atoms with Gasteiger partial charge in [0.25, 0.3) is 5.56 Å². The number of carbonyl (C=O) groups excluding carboxylic acids is 1. The Labute approximate surface area is 146 Å². The fraction of sp³-hybridized carbons (Fsp3) is 0.118. The predicted octanol–water partition coefficient (Wildman–Crippen LogP) is 2.01. The summed E-state index contributed by atoms with van der Waals surface area (Å²) in [6.45, 7) is -0.267. The standard InChI is InChI=1S/C17H15FN4O2S/c18-12-5-2-1-4-11(12)9-20-16(23)10-22-17(24)13(19)8-14(21-22)15-6-3-7-25-15/h1-8H,9-10,19H2,(H,20,23). The number of rotatable bonds is 5. The van der Waals surface area contributed by atoms with Crippen LogP contribution >= 0.6 is 11.3 Å². The molecule has 2 aromatic heterocycles. The molecule has 0 aliphatic rings. The van der Waals surface area contributed by atoms with Gasteiger partial charge in [0.05, 0.1) is 4.88 Å². The molecule has 8 heteroatoms. The van der Waals surface area contributed by atoms with Crippen molar-refractivity contribution in [1.29, 1.82) is 0 Å². The van der Waals surface area contributed by atoms with Crippen LogP contribution in [-0.2, 0) is 17.9 Å². The van der Waals surface area contributed by atoms with Crippen LogP contribution in [0.15, 0.2) is 52.6 Å². The number of amides is 1. The minimum absolute atomic E-state index is 0.0142. The van der Waals surface area contributed by atoms with Gasteiger partial charge in [-0.15, -0.1) is 11.3 Å². The summed E-state index contributed by atoms with van der Waals surface area (Å²) < 4.78 is 14.6. The molecule has 0 aliphatic heterocycles. The van der Waals surface area contributed by atoms with E-state index < -0.39 is 17.3 Å². The van der Waals surface area contributed by atoms with E-state index in [1.165, 1.54) is 23.5 Å². The van der Waals surface area contributed by atoms with Gasteiger partial charge in [-0.05, 0) is 23.6 Å². The number of carbonyl (C=O) groups is 1. The van der Waals surface area contributed by atoms with Crippen LogP contribution in [0, 0.1) is 5.82 Å². The van der Waals surface area contributed by atoms with Crippen LogP contribution in [0.25, 0.3) is 10.6 Å². The zero-order chi connectivity index (χ0) is 17.8. The van der Waals surface area contributed by atoms with Gasteiger partial charge < -0.3 is 11.1 Å². The van der Waals surface area contributed by atoms with E-state index in [4.69, 9.17) is 5.73 Å². The van der Waals surface area contributed by atoms with Crippen molar-refractivity contribution < 1.29 is 9.18 Å². The number of nitrogens with one attached hydrogen (secondary N) is 1.